The Hall–Kier alpha value is -2.20. The van der Waals surface area contributed by atoms with Crippen molar-refractivity contribution >= 4 is 5.69 Å². The Labute approximate surface area is 144 Å². The Morgan fingerprint density at radius 1 is 0.917 bits per heavy atom. The summed E-state index contributed by atoms with van der Waals surface area (Å²) < 4.78 is 16.7. The van der Waals surface area contributed by atoms with Crippen LogP contribution in [0.25, 0.3) is 0 Å². The first kappa shape index (κ1) is 18.1. The second-order valence-corrected chi connectivity index (χ2v) is 5.69. The van der Waals surface area contributed by atoms with Gasteiger partial charge in [-0.2, -0.15) is 0 Å². The van der Waals surface area contributed by atoms with Gasteiger partial charge in [-0.1, -0.05) is 17.7 Å². The summed E-state index contributed by atoms with van der Waals surface area (Å²) in [4.78, 5) is 0. The first-order valence-corrected chi connectivity index (χ1v) is 8.45. The minimum absolute atomic E-state index is 0.0785. The predicted molar refractivity (Wildman–Crippen MR) is 98.2 cm³/mol. The smallest absolute Gasteiger partial charge is 0.119 e. The summed E-state index contributed by atoms with van der Waals surface area (Å²) >= 11 is 0. The van der Waals surface area contributed by atoms with E-state index in [0.717, 1.165) is 30.3 Å². The lowest BCUT2D eigenvalue weighted by atomic mass is 10.2. The van der Waals surface area contributed by atoms with E-state index in [2.05, 4.69) is 31.3 Å². The van der Waals surface area contributed by atoms with Crippen molar-refractivity contribution in [2.24, 2.45) is 0 Å². The molecule has 4 heteroatoms. The highest BCUT2D eigenvalue weighted by molar-refractivity contribution is 5.46. The van der Waals surface area contributed by atoms with Gasteiger partial charge in [0, 0.05) is 12.3 Å². The molecule has 4 nitrogen and oxygen atoms in total. The van der Waals surface area contributed by atoms with Crippen LogP contribution in [0.5, 0.6) is 11.5 Å². The van der Waals surface area contributed by atoms with E-state index >= 15 is 0 Å². The number of hydrogen-bond donors (Lipinski definition) is 1. The molecule has 0 heterocycles. The Bertz CT molecular complexity index is 581. The largest absolute Gasteiger partial charge is 0.491 e. The molecule has 1 N–H and O–H groups in total. The van der Waals surface area contributed by atoms with Gasteiger partial charge < -0.3 is 19.5 Å². The summed E-state index contributed by atoms with van der Waals surface area (Å²) in [7, 11) is 0. The van der Waals surface area contributed by atoms with Gasteiger partial charge in [0.15, 0.2) is 0 Å². The minimum atomic E-state index is 0.0785. The lowest BCUT2D eigenvalue weighted by molar-refractivity contribution is 0.110. The molecule has 0 spiro atoms. The second-order valence-electron chi connectivity index (χ2n) is 5.69. The van der Waals surface area contributed by atoms with Crippen LogP contribution in [0.1, 0.15) is 19.4 Å². The Morgan fingerprint density at radius 3 is 2.25 bits per heavy atom. The highest BCUT2D eigenvalue weighted by atomic mass is 16.5. The molecule has 0 saturated carbocycles. The van der Waals surface area contributed by atoms with E-state index in [9.17, 15) is 0 Å². The maximum Gasteiger partial charge on any atom is 0.119 e. The summed E-state index contributed by atoms with van der Waals surface area (Å²) in [5.74, 6) is 1.75. The average molecular weight is 329 g/mol. The second kappa shape index (κ2) is 9.83. The lowest BCUT2D eigenvalue weighted by Crippen LogP contribution is -2.22. The molecule has 0 aliphatic carbocycles. The van der Waals surface area contributed by atoms with Crippen LogP contribution >= 0.6 is 0 Å². The van der Waals surface area contributed by atoms with Gasteiger partial charge in [0.2, 0.25) is 0 Å². The van der Waals surface area contributed by atoms with Crippen LogP contribution in [0.15, 0.2) is 48.5 Å². The van der Waals surface area contributed by atoms with E-state index < -0.39 is 0 Å². The van der Waals surface area contributed by atoms with E-state index in [1.165, 1.54) is 5.56 Å². The summed E-state index contributed by atoms with van der Waals surface area (Å²) in [6.45, 7) is 8.74. The molecule has 0 aromatic heterocycles. The molecule has 0 amide bonds. The van der Waals surface area contributed by atoms with Gasteiger partial charge in [0.1, 0.15) is 24.2 Å². The molecule has 24 heavy (non-hydrogen) atoms. The molecule has 2 rings (SSSR count). The molecule has 0 aliphatic rings. The average Bonchev–Trinajstić information content (AvgIpc) is 2.60. The minimum Gasteiger partial charge on any atom is -0.491 e. The highest BCUT2D eigenvalue weighted by Crippen LogP contribution is 2.17. The molecule has 0 radical (unpaired) electrons. The maximum absolute atomic E-state index is 5.89. The molecule has 130 valence electrons. The van der Waals surface area contributed by atoms with Gasteiger partial charge in [0.05, 0.1) is 13.2 Å². The summed E-state index contributed by atoms with van der Waals surface area (Å²) in [6, 6.07) is 16.0. The monoisotopic (exact) mass is 329 g/mol. The molecule has 0 bridgehead atoms. The first-order chi connectivity index (χ1) is 11.7. The van der Waals surface area contributed by atoms with E-state index in [0.29, 0.717) is 13.2 Å². The number of anilines is 1. The van der Waals surface area contributed by atoms with Gasteiger partial charge in [0.25, 0.3) is 0 Å². The van der Waals surface area contributed by atoms with Gasteiger partial charge in [-0.05, 0) is 57.2 Å². The Morgan fingerprint density at radius 2 is 1.58 bits per heavy atom. The molecule has 2 aromatic rings. The summed E-state index contributed by atoms with van der Waals surface area (Å²) in [5.41, 5.74) is 2.28. The molecule has 0 aliphatic heterocycles. The molecule has 0 saturated heterocycles. The fraction of sp³-hybridized carbons (Fsp3) is 0.400. The number of ether oxygens (including phenoxy) is 3. The van der Waals surface area contributed by atoms with Crippen LogP contribution in [0.3, 0.4) is 0 Å². The maximum atomic E-state index is 5.89. The van der Waals surface area contributed by atoms with Gasteiger partial charge in [-0.3, -0.25) is 0 Å². The van der Waals surface area contributed by atoms with Crippen LogP contribution in [0.2, 0.25) is 0 Å². The lowest BCUT2D eigenvalue weighted by Gasteiger charge is -2.16. The fourth-order valence-electron chi connectivity index (χ4n) is 2.18. The van der Waals surface area contributed by atoms with Crippen LogP contribution in [-0.2, 0) is 4.74 Å². The van der Waals surface area contributed by atoms with E-state index in [-0.39, 0.29) is 6.10 Å². The van der Waals surface area contributed by atoms with Crippen molar-refractivity contribution in [1.29, 1.82) is 0 Å². The molecular formula is C20H27NO3. The number of nitrogens with one attached hydrogen (secondary N) is 1. The van der Waals surface area contributed by atoms with Crippen molar-refractivity contribution in [2.45, 2.75) is 26.9 Å². The van der Waals surface area contributed by atoms with Crippen LogP contribution in [0.4, 0.5) is 5.69 Å². The van der Waals surface area contributed by atoms with E-state index in [1.807, 2.05) is 43.3 Å². The molecular weight excluding hydrogens is 302 g/mol. The normalized spacial score (nSPS) is 11.8. The van der Waals surface area contributed by atoms with Crippen molar-refractivity contribution in [1.82, 2.24) is 0 Å². The van der Waals surface area contributed by atoms with Crippen LogP contribution in [0, 0.1) is 6.92 Å². The zero-order valence-corrected chi connectivity index (χ0v) is 14.7. The molecule has 1 unspecified atom stereocenters. The standard InChI is InChI=1S/C20H27NO3/c1-4-22-13-14-23-19-11-7-18(8-12-19)21-15-17(3)24-20-9-5-16(2)6-10-20/h5-12,17,21H,4,13-15H2,1-3H3. The number of hydrogen-bond acceptors (Lipinski definition) is 4. The molecule has 2 aromatic carbocycles. The predicted octanol–water partition coefficient (Wildman–Crippen LogP) is 4.29. The Kier molecular flexibility index (Phi) is 7.43. The number of benzene rings is 2. The SMILES string of the molecule is CCOCCOc1ccc(NCC(C)Oc2ccc(C)cc2)cc1. The molecule has 0 fully saturated rings. The molecule has 1 atom stereocenters. The third-order valence-corrected chi connectivity index (χ3v) is 3.51. The fourth-order valence-corrected chi connectivity index (χ4v) is 2.18. The van der Waals surface area contributed by atoms with Gasteiger partial charge >= 0.3 is 0 Å². The zero-order chi connectivity index (χ0) is 17.2. The van der Waals surface area contributed by atoms with Crippen molar-refractivity contribution in [2.75, 3.05) is 31.7 Å². The first-order valence-electron chi connectivity index (χ1n) is 8.45. The summed E-state index contributed by atoms with van der Waals surface area (Å²) in [6.07, 6.45) is 0.0785. The zero-order valence-electron chi connectivity index (χ0n) is 14.7. The van der Waals surface area contributed by atoms with Crippen LogP contribution < -0.4 is 14.8 Å². The topological polar surface area (TPSA) is 39.7 Å². The van der Waals surface area contributed by atoms with Gasteiger partial charge in [-0.15, -0.1) is 0 Å². The number of rotatable bonds is 10. The summed E-state index contributed by atoms with van der Waals surface area (Å²) in [5, 5.41) is 3.37. The Balaban J connectivity index is 1.72. The third-order valence-electron chi connectivity index (χ3n) is 3.51. The van der Waals surface area contributed by atoms with Gasteiger partial charge in [-0.25, -0.2) is 0 Å². The van der Waals surface area contributed by atoms with E-state index in [4.69, 9.17) is 14.2 Å². The van der Waals surface area contributed by atoms with Crippen molar-refractivity contribution in [3.63, 3.8) is 0 Å². The van der Waals surface area contributed by atoms with Crippen molar-refractivity contribution in [3.05, 3.63) is 54.1 Å². The quantitative estimate of drug-likeness (QED) is 0.660. The third kappa shape index (κ3) is 6.50. The van der Waals surface area contributed by atoms with Crippen molar-refractivity contribution in [3.8, 4) is 11.5 Å². The highest BCUT2D eigenvalue weighted by Gasteiger charge is 2.04. The van der Waals surface area contributed by atoms with E-state index in [1.54, 1.807) is 0 Å². The van der Waals surface area contributed by atoms with Crippen LogP contribution in [-0.4, -0.2) is 32.5 Å². The van der Waals surface area contributed by atoms with Crippen molar-refractivity contribution < 1.29 is 14.2 Å². The number of aryl methyl sites for hydroxylation is 1.